The Morgan fingerprint density at radius 3 is 2.55 bits per heavy atom. The maximum absolute atomic E-state index is 4.48. The van der Waals surface area contributed by atoms with E-state index >= 15 is 0 Å². The molecule has 1 fully saturated rings. The molecule has 0 saturated carbocycles. The summed E-state index contributed by atoms with van der Waals surface area (Å²) in [6.07, 6.45) is 1.87. The minimum atomic E-state index is 0.662. The predicted molar refractivity (Wildman–Crippen MR) is 85.2 cm³/mol. The highest BCUT2D eigenvalue weighted by molar-refractivity contribution is 5.91. The van der Waals surface area contributed by atoms with Gasteiger partial charge in [0.05, 0.1) is 5.52 Å². The first-order chi connectivity index (χ1) is 9.74. The third kappa shape index (κ3) is 2.78. The molecule has 0 radical (unpaired) electrons. The summed E-state index contributed by atoms with van der Waals surface area (Å²) in [4.78, 5) is 7.02. The van der Waals surface area contributed by atoms with Gasteiger partial charge in [0.15, 0.2) is 0 Å². The summed E-state index contributed by atoms with van der Waals surface area (Å²) in [6, 6.07) is 10.7. The van der Waals surface area contributed by atoms with Crippen molar-refractivity contribution in [3.63, 3.8) is 0 Å². The van der Waals surface area contributed by atoms with Crippen LogP contribution in [0.4, 0.5) is 5.69 Å². The zero-order valence-electron chi connectivity index (χ0n) is 12.3. The molecule has 2 aromatic rings. The van der Waals surface area contributed by atoms with E-state index in [9.17, 15) is 0 Å². The summed E-state index contributed by atoms with van der Waals surface area (Å²) < 4.78 is 0. The number of aromatic nitrogens is 1. The van der Waals surface area contributed by atoms with Gasteiger partial charge >= 0.3 is 0 Å². The second-order valence-electron chi connectivity index (χ2n) is 6.12. The summed E-state index contributed by atoms with van der Waals surface area (Å²) in [5.74, 6) is 1.32. The van der Waals surface area contributed by atoms with E-state index < -0.39 is 0 Å². The van der Waals surface area contributed by atoms with Gasteiger partial charge in [-0.1, -0.05) is 19.9 Å². The fourth-order valence-corrected chi connectivity index (χ4v) is 3.09. The number of fused-ring (bicyclic) bond motifs is 1. The van der Waals surface area contributed by atoms with E-state index in [-0.39, 0.29) is 0 Å². The molecule has 0 aliphatic carbocycles. The molecule has 0 spiro atoms. The molecule has 1 aromatic heterocycles. The average molecular weight is 269 g/mol. The number of anilines is 1. The zero-order valence-corrected chi connectivity index (χ0v) is 12.3. The lowest BCUT2D eigenvalue weighted by Crippen LogP contribution is -2.42. The molecule has 1 aliphatic heterocycles. The number of pyridine rings is 1. The maximum Gasteiger partial charge on any atom is 0.0722 e. The van der Waals surface area contributed by atoms with Crippen molar-refractivity contribution in [2.75, 3.05) is 31.1 Å². The lowest BCUT2D eigenvalue weighted by Gasteiger charge is -2.34. The van der Waals surface area contributed by atoms with Crippen LogP contribution in [-0.4, -0.2) is 31.2 Å². The third-order valence-electron chi connectivity index (χ3n) is 4.01. The van der Waals surface area contributed by atoms with Crippen LogP contribution < -0.4 is 10.2 Å². The number of hydrogen-bond donors (Lipinski definition) is 1. The lowest BCUT2D eigenvalue weighted by molar-refractivity contribution is 0.411. The second-order valence-corrected chi connectivity index (χ2v) is 6.12. The van der Waals surface area contributed by atoms with Gasteiger partial charge in [0.1, 0.15) is 0 Å². The topological polar surface area (TPSA) is 28.2 Å². The van der Waals surface area contributed by atoms with Crippen molar-refractivity contribution in [1.82, 2.24) is 10.3 Å². The van der Waals surface area contributed by atoms with Crippen LogP contribution >= 0.6 is 0 Å². The Balaban J connectivity index is 1.98. The fourth-order valence-electron chi connectivity index (χ4n) is 3.09. The highest BCUT2D eigenvalue weighted by atomic mass is 15.1. The van der Waals surface area contributed by atoms with Gasteiger partial charge < -0.3 is 10.2 Å². The van der Waals surface area contributed by atoms with Gasteiger partial charge in [-0.15, -0.1) is 0 Å². The number of hydrogen-bond acceptors (Lipinski definition) is 3. The van der Waals surface area contributed by atoms with Crippen molar-refractivity contribution in [2.45, 2.75) is 13.8 Å². The molecule has 106 valence electrons. The van der Waals surface area contributed by atoms with E-state index in [0.717, 1.165) is 31.7 Å². The van der Waals surface area contributed by atoms with Gasteiger partial charge in [0.25, 0.3) is 0 Å². The highest BCUT2D eigenvalue weighted by Gasteiger charge is 2.19. The minimum Gasteiger partial charge on any atom is -0.370 e. The molecule has 2 heterocycles. The quantitative estimate of drug-likeness (QED) is 0.863. The monoisotopic (exact) mass is 269 g/mol. The summed E-state index contributed by atoms with van der Waals surface area (Å²) >= 11 is 0. The molecular weight excluding hydrogens is 246 g/mol. The molecule has 3 rings (SSSR count). The minimum absolute atomic E-state index is 0.662. The summed E-state index contributed by atoms with van der Waals surface area (Å²) in [5.41, 5.74) is 2.42. The van der Waals surface area contributed by atoms with Crippen molar-refractivity contribution in [3.8, 4) is 0 Å². The Bertz CT molecular complexity index is 564. The Morgan fingerprint density at radius 1 is 1.05 bits per heavy atom. The molecule has 0 amide bonds. The van der Waals surface area contributed by atoms with Gasteiger partial charge in [-0.05, 0) is 49.2 Å². The third-order valence-corrected chi connectivity index (χ3v) is 4.01. The van der Waals surface area contributed by atoms with Crippen molar-refractivity contribution in [3.05, 3.63) is 36.5 Å². The summed E-state index contributed by atoms with van der Waals surface area (Å²) in [6.45, 7) is 9.04. The number of nitrogens with zero attached hydrogens (tertiary/aromatic N) is 2. The van der Waals surface area contributed by atoms with E-state index in [0.29, 0.717) is 11.8 Å². The fraction of sp³-hybridized carbons (Fsp3) is 0.471. The molecule has 0 bridgehead atoms. The zero-order chi connectivity index (χ0) is 13.9. The molecule has 1 saturated heterocycles. The number of rotatable bonds is 1. The van der Waals surface area contributed by atoms with Gasteiger partial charge in [0.2, 0.25) is 0 Å². The van der Waals surface area contributed by atoms with Crippen molar-refractivity contribution in [2.24, 2.45) is 11.8 Å². The molecule has 1 aromatic carbocycles. The number of benzene rings is 1. The average Bonchev–Trinajstić information content (AvgIpc) is 2.44. The summed E-state index contributed by atoms with van der Waals surface area (Å²) in [5, 5.41) is 4.82. The molecule has 3 nitrogen and oxygen atoms in total. The maximum atomic E-state index is 4.48. The van der Waals surface area contributed by atoms with Crippen LogP contribution in [0.5, 0.6) is 0 Å². The normalized spacial score (nSPS) is 24.4. The van der Waals surface area contributed by atoms with Crippen LogP contribution in [0.2, 0.25) is 0 Å². The van der Waals surface area contributed by atoms with E-state index in [4.69, 9.17) is 0 Å². The highest BCUT2D eigenvalue weighted by Crippen LogP contribution is 2.27. The molecular formula is C17H23N3. The Morgan fingerprint density at radius 2 is 1.80 bits per heavy atom. The first-order valence-electron chi connectivity index (χ1n) is 7.53. The van der Waals surface area contributed by atoms with Crippen LogP contribution in [0.3, 0.4) is 0 Å². The predicted octanol–water partition coefficient (Wildman–Crippen LogP) is 2.92. The van der Waals surface area contributed by atoms with Crippen LogP contribution in [0, 0.1) is 11.8 Å². The van der Waals surface area contributed by atoms with Gasteiger partial charge in [-0.25, -0.2) is 0 Å². The standard InChI is InChI=1S/C17H23N3/c1-13-9-18-10-14(2)12-20(11-13)17-7-3-6-16-15(17)5-4-8-19-16/h3-8,13-14,18H,9-12H2,1-2H3. The molecule has 2 unspecified atom stereocenters. The van der Waals surface area contributed by atoms with Crippen molar-refractivity contribution >= 4 is 16.6 Å². The molecule has 3 heteroatoms. The number of nitrogens with one attached hydrogen (secondary N) is 1. The Kier molecular flexibility index (Phi) is 3.88. The van der Waals surface area contributed by atoms with Crippen LogP contribution in [-0.2, 0) is 0 Å². The second kappa shape index (κ2) is 5.80. The lowest BCUT2D eigenvalue weighted by atomic mass is 10.0. The van der Waals surface area contributed by atoms with Crippen LogP contribution in [0.15, 0.2) is 36.5 Å². The van der Waals surface area contributed by atoms with Gasteiger partial charge in [-0.3, -0.25) is 4.98 Å². The van der Waals surface area contributed by atoms with Crippen LogP contribution in [0.25, 0.3) is 10.9 Å². The smallest absolute Gasteiger partial charge is 0.0722 e. The Labute approximate surface area is 121 Å². The van der Waals surface area contributed by atoms with Crippen molar-refractivity contribution < 1.29 is 0 Å². The first-order valence-corrected chi connectivity index (χ1v) is 7.53. The SMILES string of the molecule is CC1CNCC(C)CN(c2cccc3ncccc23)C1. The summed E-state index contributed by atoms with van der Waals surface area (Å²) in [7, 11) is 0. The van der Waals surface area contributed by atoms with Crippen molar-refractivity contribution in [1.29, 1.82) is 0 Å². The van der Waals surface area contributed by atoms with E-state index in [2.05, 4.69) is 53.3 Å². The van der Waals surface area contributed by atoms with Gasteiger partial charge in [0, 0.05) is 30.4 Å². The van der Waals surface area contributed by atoms with Gasteiger partial charge in [-0.2, -0.15) is 0 Å². The molecule has 2 atom stereocenters. The van der Waals surface area contributed by atoms with E-state index in [1.807, 2.05) is 12.3 Å². The molecule has 1 aliphatic rings. The van der Waals surface area contributed by atoms with E-state index in [1.54, 1.807) is 0 Å². The van der Waals surface area contributed by atoms with Crippen LogP contribution in [0.1, 0.15) is 13.8 Å². The van der Waals surface area contributed by atoms with E-state index in [1.165, 1.54) is 11.1 Å². The molecule has 1 N–H and O–H groups in total. The first kappa shape index (κ1) is 13.4. The Hall–Kier alpha value is -1.61. The largest absolute Gasteiger partial charge is 0.370 e. The molecule has 20 heavy (non-hydrogen) atoms.